The Morgan fingerprint density at radius 1 is 1.10 bits per heavy atom. The lowest BCUT2D eigenvalue weighted by Gasteiger charge is -2.13. The molecule has 0 unspecified atom stereocenters. The molecule has 2 N–H and O–H groups in total. The SMILES string of the molecule is CN=C(NCCc1ccc2c(c1)CCO2)NCc1ccc(OCCCN(C)C)cc1. The highest BCUT2D eigenvalue weighted by atomic mass is 16.5. The third-order valence-electron chi connectivity index (χ3n) is 5.09. The molecule has 0 saturated heterocycles. The monoisotopic (exact) mass is 410 g/mol. The van der Waals surface area contributed by atoms with E-state index in [9.17, 15) is 0 Å². The van der Waals surface area contributed by atoms with E-state index in [1.165, 1.54) is 16.7 Å². The molecule has 2 aromatic carbocycles. The number of rotatable bonds is 10. The van der Waals surface area contributed by atoms with Crippen LogP contribution in [0.25, 0.3) is 0 Å². The molecule has 0 radical (unpaired) electrons. The summed E-state index contributed by atoms with van der Waals surface area (Å²) in [7, 11) is 5.95. The highest BCUT2D eigenvalue weighted by Gasteiger charge is 2.11. The van der Waals surface area contributed by atoms with Gasteiger partial charge in [0.15, 0.2) is 5.96 Å². The maximum absolute atomic E-state index is 5.79. The van der Waals surface area contributed by atoms with Crippen molar-refractivity contribution >= 4 is 5.96 Å². The highest BCUT2D eigenvalue weighted by Crippen LogP contribution is 2.25. The van der Waals surface area contributed by atoms with Crippen molar-refractivity contribution < 1.29 is 9.47 Å². The third kappa shape index (κ3) is 6.95. The number of guanidine groups is 1. The van der Waals surface area contributed by atoms with Gasteiger partial charge in [-0.05, 0) is 61.8 Å². The van der Waals surface area contributed by atoms with E-state index >= 15 is 0 Å². The standard InChI is InChI=1S/C24H34N4O2/c1-25-24(26-13-11-19-7-10-23-21(17-19)12-16-30-23)27-18-20-5-8-22(9-6-20)29-15-4-14-28(2)3/h5-10,17H,4,11-16,18H2,1-3H3,(H2,25,26,27). The van der Waals surface area contributed by atoms with Gasteiger partial charge in [0, 0.05) is 33.1 Å². The van der Waals surface area contributed by atoms with Gasteiger partial charge in [-0.2, -0.15) is 0 Å². The summed E-state index contributed by atoms with van der Waals surface area (Å²) >= 11 is 0. The lowest BCUT2D eigenvalue weighted by Crippen LogP contribution is -2.37. The molecule has 162 valence electrons. The van der Waals surface area contributed by atoms with Crippen molar-refractivity contribution in [1.29, 1.82) is 0 Å². The van der Waals surface area contributed by atoms with Crippen molar-refractivity contribution in [3.8, 4) is 11.5 Å². The normalized spacial score (nSPS) is 13.1. The quantitative estimate of drug-likeness (QED) is 0.358. The van der Waals surface area contributed by atoms with Crippen molar-refractivity contribution in [2.24, 2.45) is 4.99 Å². The van der Waals surface area contributed by atoms with Crippen LogP contribution in [-0.4, -0.2) is 58.3 Å². The molecular weight excluding hydrogens is 376 g/mol. The van der Waals surface area contributed by atoms with Crippen LogP contribution in [-0.2, 0) is 19.4 Å². The first-order valence-electron chi connectivity index (χ1n) is 10.7. The van der Waals surface area contributed by atoms with Gasteiger partial charge in [-0.3, -0.25) is 4.99 Å². The predicted octanol–water partition coefficient (Wildman–Crippen LogP) is 2.86. The summed E-state index contributed by atoms with van der Waals surface area (Å²) in [5.74, 6) is 2.76. The molecule has 3 rings (SSSR count). The van der Waals surface area contributed by atoms with Crippen LogP contribution >= 0.6 is 0 Å². The van der Waals surface area contributed by atoms with Crippen LogP contribution in [0.2, 0.25) is 0 Å². The maximum Gasteiger partial charge on any atom is 0.191 e. The minimum Gasteiger partial charge on any atom is -0.494 e. The summed E-state index contributed by atoms with van der Waals surface area (Å²) in [6, 6.07) is 14.7. The van der Waals surface area contributed by atoms with E-state index in [2.05, 4.69) is 65.0 Å². The van der Waals surface area contributed by atoms with E-state index in [0.717, 1.165) is 69.6 Å². The smallest absolute Gasteiger partial charge is 0.191 e. The van der Waals surface area contributed by atoms with Gasteiger partial charge in [0.1, 0.15) is 11.5 Å². The topological polar surface area (TPSA) is 58.1 Å². The number of ether oxygens (including phenoxy) is 2. The molecule has 0 atom stereocenters. The second-order valence-corrected chi connectivity index (χ2v) is 7.79. The van der Waals surface area contributed by atoms with Crippen molar-refractivity contribution in [1.82, 2.24) is 15.5 Å². The summed E-state index contributed by atoms with van der Waals surface area (Å²) in [6.07, 6.45) is 2.99. The van der Waals surface area contributed by atoms with Crippen LogP contribution < -0.4 is 20.1 Å². The van der Waals surface area contributed by atoms with E-state index in [1.54, 1.807) is 7.05 Å². The molecule has 0 aromatic heterocycles. The maximum atomic E-state index is 5.79. The van der Waals surface area contributed by atoms with Crippen LogP contribution in [0.3, 0.4) is 0 Å². The molecule has 1 heterocycles. The minimum atomic E-state index is 0.719. The van der Waals surface area contributed by atoms with Crippen molar-refractivity contribution in [3.05, 3.63) is 59.2 Å². The average Bonchev–Trinajstić information content (AvgIpc) is 3.22. The fraction of sp³-hybridized carbons (Fsp3) is 0.458. The van der Waals surface area contributed by atoms with E-state index < -0.39 is 0 Å². The van der Waals surface area contributed by atoms with Gasteiger partial charge >= 0.3 is 0 Å². The fourth-order valence-electron chi connectivity index (χ4n) is 3.40. The predicted molar refractivity (Wildman–Crippen MR) is 123 cm³/mol. The molecular formula is C24H34N4O2. The Kier molecular flexibility index (Phi) is 8.39. The van der Waals surface area contributed by atoms with Gasteiger partial charge in [0.25, 0.3) is 0 Å². The largest absolute Gasteiger partial charge is 0.494 e. The van der Waals surface area contributed by atoms with Gasteiger partial charge in [-0.25, -0.2) is 0 Å². The molecule has 0 fully saturated rings. The van der Waals surface area contributed by atoms with E-state index in [4.69, 9.17) is 9.47 Å². The molecule has 0 saturated carbocycles. The summed E-state index contributed by atoms with van der Waals surface area (Å²) in [4.78, 5) is 6.49. The van der Waals surface area contributed by atoms with E-state index in [0.29, 0.717) is 0 Å². The summed E-state index contributed by atoms with van der Waals surface area (Å²) in [5, 5.41) is 6.76. The Balaban J connectivity index is 1.36. The summed E-state index contributed by atoms with van der Waals surface area (Å²) in [5.41, 5.74) is 3.83. The second-order valence-electron chi connectivity index (χ2n) is 7.79. The molecule has 1 aliphatic heterocycles. The number of nitrogens with zero attached hydrogens (tertiary/aromatic N) is 2. The zero-order chi connectivity index (χ0) is 21.2. The van der Waals surface area contributed by atoms with Crippen molar-refractivity contribution in [3.63, 3.8) is 0 Å². The van der Waals surface area contributed by atoms with Crippen LogP contribution in [0.5, 0.6) is 11.5 Å². The summed E-state index contributed by atoms with van der Waals surface area (Å²) in [6.45, 7) is 4.13. The fourth-order valence-corrected chi connectivity index (χ4v) is 3.40. The van der Waals surface area contributed by atoms with Gasteiger partial charge in [0.05, 0.1) is 13.2 Å². The van der Waals surface area contributed by atoms with E-state index in [1.807, 2.05) is 12.1 Å². The number of nitrogens with one attached hydrogen (secondary N) is 2. The Labute approximate surface area is 180 Å². The van der Waals surface area contributed by atoms with Crippen molar-refractivity contribution in [2.75, 3.05) is 47.4 Å². The lowest BCUT2D eigenvalue weighted by atomic mass is 10.1. The zero-order valence-electron chi connectivity index (χ0n) is 18.4. The number of fused-ring (bicyclic) bond motifs is 1. The highest BCUT2D eigenvalue weighted by molar-refractivity contribution is 5.79. The molecule has 6 heteroatoms. The van der Waals surface area contributed by atoms with Gasteiger partial charge in [-0.15, -0.1) is 0 Å². The number of benzene rings is 2. The third-order valence-corrected chi connectivity index (χ3v) is 5.09. The lowest BCUT2D eigenvalue weighted by molar-refractivity contribution is 0.281. The van der Waals surface area contributed by atoms with Crippen LogP contribution in [0.1, 0.15) is 23.1 Å². The molecule has 2 aromatic rings. The average molecular weight is 411 g/mol. The first-order chi connectivity index (χ1) is 14.6. The van der Waals surface area contributed by atoms with Crippen LogP contribution in [0.15, 0.2) is 47.5 Å². The van der Waals surface area contributed by atoms with Crippen molar-refractivity contribution in [2.45, 2.75) is 25.8 Å². The molecule has 6 nitrogen and oxygen atoms in total. The molecule has 30 heavy (non-hydrogen) atoms. The second kappa shape index (κ2) is 11.5. The first-order valence-corrected chi connectivity index (χ1v) is 10.7. The minimum absolute atomic E-state index is 0.719. The van der Waals surface area contributed by atoms with Crippen LogP contribution in [0, 0.1) is 0 Å². The number of hydrogen-bond donors (Lipinski definition) is 2. The number of aliphatic imine (C=N–C) groups is 1. The Morgan fingerprint density at radius 3 is 2.67 bits per heavy atom. The molecule has 0 aliphatic carbocycles. The summed E-state index contributed by atoms with van der Waals surface area (Å²) < 4.78 is 11.4. The number of hydrogen-bond acceptors (Lipinski definition) is 4. The molecule has 0 bridgehead atoms. The molecule has 1 aliphatic rings. The van der Waals surface area contributed by atoms with Gasteiger partial charge < -0.3 is 25.0 Å². The zero-order valence-corrected chi connectivity index (χ0v) is 18.4. The first kappa shape index (κ1) is 22.0. The van der Waals surface area contributed by atoms with Crippen LogP contribution in [0.4, 0.5) is 0 Å². The molecule has 0 amide bonds. The van der Waals surface area contributed by atoms with E-state index in [-0.39, 0.29) is 0 Å². The Hall–Kier alpha value is -2.73. The Bertz CT molecular complexity index is 818. The molecule has 0 spiro atoms. The van der Waals surface area contributed by atoms with Gasteiger partial charge in [-0.1, -0.05) is 24.3 Å². The Morgan fingerprint density at radius 2 is 1.90 bits per heavy atom. The van der Waals surface area contributed by atoms with Gasteiger partial charge in [0.2, 0.25) is 0 Å².